The summed E-state index contributed by atoms with van der Waals surface area (Å²) >= 11 is 0. The van der Waals surface area contributed by atoms with E-state index in [0.717, 1.165) is 10.8 Å². The van der Waals surface area contributed by atoms with Crippen LogP contribution in [0.15, 0.2) is 97.1 Å². The number of urea groups is 1. The second kappa shape index (κ2) is 10.2. The van der Waals surface area contributed by atoms with E-state index < -0.39 is 0 Å². The molecule has 6 heteroatoms. The average Bonchev–Trinajstić information content (AvgIpc) is 2.84. The van der Waals surface area contributed by atoms with E-state index in [4.69, 9.17) is 0 Å². The van der Waals surface area contributed by atoms with Gasteiger partial charge in [-0.25, -0.2) is 4.79 Å². The molecule has 0 saturated heterocycles. The fraction of sp³-hybridized carbons (Fsp3) is 0.0741. The lowest BCUT2D eigenvalue weighted by Gasteiger charge is -2.09. The van der Waals surface area contributed by atoms with Crippen LogP contribution < -0.4 is 16.0 Å². The van der Waals surface area contributed by atoms with Crippen molar-refractivity contribution in [3.8, 4) is 0 Å². The van der Waals surface area contributed by atoms with Gasteiger partial charge in [-0.15, -0.1) is 0 Å². The van der Waals surface area contributed by atoms with E-state index in [2.05, 4.69) is 16.0 Å². The van der Waals surface area contributed by atoms with Crippen LogP contribution in [0, 0.1) is 0 Å². The predicted octanol–water partition coefficient (Wildman–Crippen LogP) is 6.09. The summed E-state index contributed by atoms with van der Waals surface area (Å²) in [5, 5.41) is 10.3. The number of hydrogen-bond acceptors (Lipinski definition) is 3. The van der Waals surface area contributed by atoms with Gasteiger partial charge < -0.3 is 16.0 Å². The molecule has 0 saturated carbocycles. The molecule has 0 atom stereocenters. The molecule has 0 heterocycles. The number of fused-ring (bicyclic) bond motifs is 1. The van der Waals surface area contributed by atoms with Crippen molar-refractivity contribution in [1.82, 2.24) is 0 Å². The number of carbonyl (C=O) groups excluding carboxylic acids is 3. The molecule has 3 amide bonds. The lowest BCUT2D eigenvalue weighted by molar-refractivity contribution is -0.116. The maximum Gasteiger partial charge on any atom is 0.323 e. The standard InChI is InChI=1S/C27H23N3O3/c31-25(21-11-10-19-6-4-5-7-20(19)18-21)16-17-26(32)28-23-12-14-24(15-13-23)30-27(33)29-22-8-2-1-3-9-22/h1-15,18H,16-17H2,(H,28,32)(H2,29,30,33). The molecule has 0 spiro atoms. The number of anilines is 3. The molecule has 0 radical (unpaired) electrons. The number of hydrogen-bond donors (Lipinski definition) is 3. The fourth-order valence-electron chi connectivity index (χ4n) is 3.41. The summed E-state index contributed by atoms with van der Waals surface area (Å²) in [5.74, 6) is -0.313. The summed E-state index contributed by atoms with van der Waals surface area (Å²) in [7, 11) is 0. The highest BCUT2D eigenvalue weighted by Crippen LogP contribution is 2.18. The van der Waals surface area contributed by atoms with E-state index in [1.807, 2.05) is 54.6 Å². The lowest BCUT2D eigenvalue weighted by atomic mass is 10.0. The molecule has 4 rings (SSSR count). The van der Waals surface area contributed by atoms with Crippen molar-refractivity contribution in [2.75, 3.05) is 16.0 Å². The van der Waals surface area contributed by atoms with Gasteiger partial charge in [-0.2, -0.15) is 0 Å². The molecule has 6 nitrogen and oxygen atoms in total. The fourth-order valence-corrected chi connectivity index (χ4v) is 3.41. The quantitative estimate of drug-likeness (QED) is 0.306. The highest BCUT2D eigenvalue weighted by molar-refractivity contribution is 6.03. The van der Waals surface area contributed by atoms with Crippen LogP contribution in [0.4, 0.5) is 21.9 Å². The highest BCUT2D eigenvalue weighted by atomic mass is 16.2. The van der Waals surface area contributed by atoms with Crippen LogP contribution in [0.2, 0.25) is 0 Å². The summed E-state index contributed by atoms with van der Waals surface area (Å²) in [6.45, 7) is 0. The maximum absolute atomic E-state index is 12.5. The Morgan fingerprint density at radius 1 is 0.545 bits per heavy atom. The Balaban J connectivity index is 1.25. The van der Waals surface area contributed by atoms with E-state index in [0.29, 0.717) is 22.6 Å². The summed E-state index contributed by atoms with van der Waals surface area (Å²) in [6.07, 6.45) is 0.217. The smallest absolute Gasteiger partial charge is 0.323 e. The Morgan fingerprint density at radius 2 is 1.12 bits per heavy atom. The molecule has 0 aliphatic rings. The van der Waals surface area contributed by atoms with Crippen molar-refractivity contribution in [3.63, 3.8) is 0 Å². The molecule has 0 aromatic heterocycles. The summed E-state index contributed by atoms with van der Waals surface area (Å²) in [6, 6.07) is 29.0. The van der Waals surface area contributed by atoms with Gasteiger partial charge in [0.15, 0.2) is 5.78 Å². The van der Waals surface area contributed by atoms with Gasteiger partial charge in [-0.1, -0.05) is 54.6 Å². The molecule has 0 fully saturated rings. The number of rotatable bonds is 7. The number of nitrogens with one attached hydrogen (secondary N) is 3. The third-order valence-electron chi connectivity index (χ3n) is 5.11. The minimum atomic E-state index is -0.356. The molecule has 164 valence electrons. The van der Waals surface area contributed by atoms with Crippen molar-refractivity contribution in [2.45, 2.75) is 12.8 Å². The minimum Gasteiger partial charge on any atom is -0.326 e. The average molecular weight is 437 g/mol. The van der Waals surface area contributed by atoms with E-state index in [-0.39, 0.29) is 30.6 Å². The van der Waals surface area contributed by atoms with Crippen LogP contribution in [0.3, 0.4) is 0 Å². The van der Waals surface area contributed by atoms with Crippen molar-refractivity contribution in [3.05, 3.63) is 103 Å². The Bertz CT molecular complexity index is 1290. The van der Waals surface area contributed by atoms with Crippen LogP contribution in [0.1, 0.15) is 23.2 Å². The third kappa shape index (κ3) is 6.04. The lowest BCUT2D eigenvalue weighted by Crippen LogP contribution is -2.19. The van der Waals surface area contributed by atoms with Crippen molar-refractivity contribution in [2.24, 2.45) is 0 Å². The van der Waals surface area contributed by atoms with Crippen LogP contribution in [-0.2, 0) is 4.79 Å². The summed E-state index contributed by atoms with van der Waals surface area (Å²) in [4.78, 5) is 36.8. The van der Waals surface area contributed by atoms with Gasteiger partial charge in [0.1, 0.15) is 0 Å². The zero-order valence-corrected chi connectivity index (χ0v) is 17.9. The Kier molecular flexibility index (Phi) is 6.75. The van der Waals surface area contributed by atoms with E-state index >= 15 is 0 Å². The van der Waals surface area contributed by atoms with E-state index in [1.165, 1.54) is 0 Å². The van der Waals surface area contributed by atoms with Crippen molar-refractivity contribution in [1.29, 1.82) is 0 Å². The van der Waals surface area contributed by atoms with Crippen LogP contribution in [0.5, 0.6) is 0 Å². The zero-order valence-electron chi connectivity index (χ0n) is 17.9. The number of ketones is 1. The molecular weight excluding hydrogens is 414 g/mol. The van der Waals surface area contributed by atoms with Gasteiger partial charge in [-0.05, 0) is 53.2 Å². The summed E-state index contributed by atoms with van der Waals surface area (Å²) in [5.41, 5.74) is 2.47. The van der Waals surface area contributed by atoms with Gasteiger partial charge in [-0.3, -0.25) is 9.59 Å². The van der Waals surface area contributed by atoms with E-state index in [9.17, 15) is 14.4 Å². The van der Waals surface area contributed by atoms with Crippen molar-refractivity contribution < 1.29 is 14.4 Å². The van der Waals surface area contributed by atoms with Gasteiger partial charge in [0.25, 0.3) is 0 Å². The van der Waals surface area contributed by atoms with Gasteiger partial charge in [0.2, 0.25) is 5.91 Å². The molecule has 3 N–H and O–H groups in total. The Morgan fingerprint density at radius 3 is 1.82 bits per heavy atom. The van der Waals surface area contributed by atoms with Crippen LogP contribution in [-0.4, -0.2) is 17.7 Å². The SMILES string of the molecule is O=C(CCC(=O)c1ccc2ccccc2c1)Nc1ccc(NC(=O)Nc2ccccc2)cc1. The molecule has 4 aromatic carbocycles. The number of benzene rings is 4. The number of carbonyl (C=O) groups is 3. The molecule has 0 bridgehead atoms. The Hall–Kier alpha value is -4.45. The topological polar surface area (TPSA) is 87.3 Å². The third-order valence-corrected chi connectivity index (χ3v) is 5.11. The molecule has 0 aliphatic carbocycles. The first kappa shape index (κ1) is 21.8. The van der Waals surface area contributed by atoms with Gasteiger partial charge in [0.05, 0.1) is 0 Å². The first-order valence-electron chi connectivity index (χ1n) is 10.6. The maximum atomic E-state index is 12.5. The first-order chi connectivity index (χ1) is 16.1. The highest BCUT2D eigenvalue weighted by Gasteiger charge is 2.11. The van der Waals surface area contributed by atoms with Gasteiger partial charge >= 0.3 is 6.03 Å². The number of amides is 3. The molecule has 0 aliphatic heterocycles. The van der Waals surface area contributed by atoms with Crippen LogP contribution >= 0.6 is 0 Å². The number of Topliss-reactive ketones (excluding diaryl/α,β-unsaturated/α-hetero) is 1. The largest absolute Gasteiger partial charge is 0.326 e. The molecule has 4 aromatic rings. The molecule has 0 unspecified atom stereocenters. The van der Waals surface area contributed by atoms with E-state index in [1.54, 1.807) is 42.5 Å². The summed E-state index contributed by atoms with van der Waals surface area (Å²) < 4.78 is 0. The van der Waals surface area contributed by atoms with Crippen molar-refractivity contribution >= 4 is 45.6 Å². The Labute approximate surface area is 191 Å². The van der Waals surface area contributed by atoms with Gasteiger partial charge in [0, 0.05) is 35.5 Å². The second-order valence-electron chi connectivity index (χ2n) is 7.56. The molecule has 33 heavy (non-hydrogen) atoms. The van der Waals surface area contributed by atoms with Crippen LogP contribution in [0.25, 0.3) is 10.8 Å². The second-order valence-corrected chi connectivity index (χ2v) is 7.56. The first-order valence-corrected chi connectivity index (χ1v) is 10.6. The predicted molar refractivity (Wildman–Crippen MR) is 132 cm³/mol. The normalized spacial score (nSPS) is 10.4. The zero-order chi connectivity index (χ0) is 23.0. The monoisotopic (exact) mass is 437 g/mol. The minimum absolute atomic E-state index is 0.0696. The number of para-hydroxylation sites is 1. The molecular formula is C27H23N3O3.